The lowest BCUT2D eigenvalue weighted by Gasteiger charge is -2.37. The van der Waals surface area contributed by atoms with Crippen LogP contribution in [0, 0.1) is 0 Å². The molecule has 2 aromatic rings. The summed E-state index contributed by atoms with van der Waals surface area (Å²) in [5.41, 5.74) is 7.12. The van der Waals surface area contributed by atoms with Gasteiger partial charge in [0, 0.05) is 5.56 Å². The van der Waals surface area contributed by atoms with Crippen LogP contribution >= 0.6 is 0 Å². The molecule has 1 heterocycles. The van der Waals surface area contributed by atoms with E-state index >= 15 is 0 Å². The van der Waals surface area contributed by atoms with Crippen molar-refractivity contribution in [2.45, 2.75) is 13.0 Å². The van der Waals surface area contributed by atoms with Crippen molar-refractivity contribution < 1.29 is 19.2 Å². The van der Waals surface area contributed by atoms with E-state index in [9.17, 15) is 9.59 Å². The highest BCUT2D eigenvalue weighted by atomic mass is 16.5. The number of para-hydroxylation sites is 2. The van der Waals surface area contributed by atoms with Gasteiger partial charge in [0.1, 0.15) is 5.75 Å². The van der Waals surface area contributed by atoms with E-state index in [0.29, 0.717) is 6.61 Å². The highest BCUT2D eigenvalue weighted by molar-refractivity contribution is 5.96. The summed E-state index contributed by atoms with van der Waals surface area (Å²) in [5.74, 6) is 0.511. The van der Waals surface area contributed by atoms with E-state index in [-0.39, 0.29) is 5.91 Å². The summed E-state index contributed by atoms with van der Waals surface area (Å²) in [7, 11) is 0. The molecule has 7 heteroatoms. The quantitative estimate of drug-likeness (QED) is 0.686. The molecule has 0 bridgehead atoms. The van der Waals surface area contributed by atoms with Crippen molar-refractivity contribution >= 4 is 17.6 Å². The molecule has 28 heavy (non-hydrogen) atoms. The van der Waals surface area contributed by atoms with E-state index in [4.69, 9.17) is 10.5 Å². The SMILES string of the molecule is CCOc1ccccc1N1CC[NH+]([C@@H](C(=O)NC(N)=O)c2ccccc2)CC1. The van der Waals surface area contributed by atoms with Crippen molar-refractivity contribution in [2.75, 3.05) is 37.7 Å². The lowest BCUT2D eigenvalue weighted by atomic mass is 10.0. The van der Waals surface area contributed by atoms with Crippen molar-refractivity contribution in [3.8, 4) is 5.75 Å². The molecule has 1 aliphatic heterocycles. The van der Waals surface area contributed by atoms with Crippen LogP contribution < -0.4 is 25.6 Å². The van der Waals surface area contributed by atoms with Crippen LogP contribution in [0.5, 0.6) is 5.75 Å². The van der Waals surface area contributed by atoms with Crippen LogP contribution in [0.15, 0.2) is 54.6 Å². The molecule has 7 nitrogen and oxygen atoms in total. The first-order valence-electron chi connectivity index (χ1n) is 9.56. The Hall–Kier alpha value is -3.06. The average Bonchev–Trinajstić information content (AvgIpc) is 2.70. The number of ether oxygens (including phenoxy) is 1. The van der Waals surface area contributed by atoms with Gasteiger partial charge in [0.05, 0.1) is 38.5 Å². The highest BCUT2D eigenvalue weighted by Crippen LogP contribution is 2.28. The molecule has 0 saturated carbocycles. The number of nitrogens with zero attached hydrogens (tertiary/aromatic N) is 1. The number of nitrogens with two attached hydrogens (primary N) is 1. The van der Waals surface area contributed by atoms with Gasteiger partial charge in [-0.25, -0.2) is 4.79 Å². The van der Waals surface area contributed by atoms with Crippen molar-refractivity contribution in [3.05, 3.63) is 60.2 Å². The number of imide groups is 1. The van der Waals surface area contributed by atoms with Gasteiger partial charge >= 0.3 is 6.03 Å². The van der Waals surface area contributed by atoms with Gasteiger partial charge < -0.3 is 20.3 Å². The van der Waals surface area contributed by atoms with Crippen LogP contribution in [0.4, 0.5) is 10.5 Å². The summed E-state index contributed by atoms with van der Waals surface area (Å²) >= 11 is 0. The minimum Gasteiger partial charge on any atom is -0.492 e. The molecule has 0 aromatic heterocycles. The van der Waals surface area contributed by atoms with Crippen LogP contribution in [0.1, 0.15) is 18.5 Å². The van der Waals surface area contributed by atoms with Gasteiger partial charge in [-0.1, -0.05) is 42.5 Å². The van der Waals surface area contributed by atoms with Gasteiger partial charge in [-0.3, -0.25) is 10.1 Å². The molecule has 4 N–H and O–H groups in total. The minimum atomic E-state index is -0.824. The zero-order valence-corrected chi connectivity index (χ0v) is 16.1. The van der Waals surface area contributed by atoms with E-state index in [1.807, 2.05) is 55.5 Å². The molecule has 2 aromatic carbocycles. The number of anilines is 1. The zero-order valence-electron chi connectivity index (χ0n) is 16.1. The first-order valence-corrected chi connectivity index (χ1v) is 9.56. The Labute approximate surface area is 165 Å². The molecule has 0 spiro atoms. The van der Waals surface area contributed by atoms with Crippen LogP contribution in [0.3, 0.4) is 0 Å². The second kappa shape index (κ2) is 9.23. The second-order valence-electron chi connectivity index (χ2n) is 6.74. The monoisotopic (exact) mass is 383 g/mol. The molecule has 0 aliphatic carbocycles. The molecule has 1 fully saturated rings. The number of benzene rings is 2. The van der Waals surface area contributed by atoms with E-state index in [1.54, 1.807) is 0 Å². The molecule has 3 rings (SSSR count). The topological polar surface area (TPSA) is 89.1 Å². The number of primary amides is 1. The summed E-state index contributed by atoms with van der Waals surface area (Å²) < 4.78 is 5.75. The first kappa shape index (κ1) is 19.7. The molecule has 1 aliphatic rings. The molecule has 1 saturated heterocycles. The number of urea groups is 1. The van der Waals surface area contributed by atoms with Gasteiger partial charge in [0.25, 0.3) is 5.91 Å². The number of carbonyl (C=O) groups is 2. The number of quaternary nitrogens is 1. The number of hydrogen-bond donors (Lipinski definition) is 3. The highest BCUT2D eigenvalue weighted by Gasteiger charge is 2.35. The average molecular weight is 383 g/mol. The minimum absolute atomic E-state index is 0.364. The number of rotatable bonds is 6. The molecule has 3 amide bonds. The maximum Gasteiger partial charge on any atom is 0.319 e. The van der Waals surface area contributed by atoms with Crippen molar-refractivity contribution in [3.63, 3.8) is 0 Å². The van der Waals surface area contributed by atoms with Gasteiger partial charge in [-0.15, -0.1) is 0 Å². The van der Waals surface area contributed by atoms with Crippen molar-refractivity contribution in [2.24, 2.45) is 5.73 Å². The molecular formula is C21H27N4O3+. The van der Waals surface area contributed by atoms with Gasteiger partial charge in [0.2, 0.25) is 0 Å². The Morgan fingerprint density at radius 1 is 1.11 bits per heavy atom. The van der Waals surface area contributed by atoms with Crippen LogP contribution in [0.25, 0.3) is 0 Å². The summed E-state index contributed by atoms with van der Waals surface area (Å²) in [6, 6.07) is 16.2. The Morgan fingerprint density at radius 2 is 1.75 bits per heavy atom. The fraction of sp³-hybridized carbons (Fsp3) is 0.333. The third kappa shape index (κ3) is 4.61. The molecule has 148 valence electrons. The Morgan fingerprint density at radius 3 is 2.39 bits per heavy atom. The summed E-state index contributed by atoms with van der Waals surface area (Å²) in [4.78, 5) is 27.3. The summed E-state index contributed by atoms with van der Waals surface area (Å²) in [5, 5.41) is 2.25. The Kier molecular flexibility index (Phi) is 6.49. The molecular weight excluding hydrogens is 356 g/mol. The van der Waals surface area contributed by atoms with E-state index in [0.717, 1.165) is 48.1 Å². The fourth-order valence-electron chi connectivity index (χ4n) is 3.73. The maximum absolute atomic E-state index is 12.7. The standard InChI is InChI=1S/C21H26N4O3/c1-2-28-18-11-7-6-10-17(18)24-12-14-25(15-13-24)19(20(26)23-21(22)27)16-8-4-3-5-9-16/h3-11,19H,2,12-15H2,1H3,(H3,22,23,26,27)/p+1/t19-/m1/s1. The molecule has 1 atom stereocenters. The van der Waals surface area contributed by atoms with E-state index in [1.165, 1.54) is 0 Å². The predicted octanol–water partition coefficient (Wildman–Crippen LogP) is 0.726. The number of carbonyl (C=O) groups excluding carboxylic acids is 2. The smallest absolute Gasteiger partial charge is 0.319 e. The molecule has 0 radical (unpaired) electrons. The van der Waals surface area contributed by atoms with Crippen LogP contribution in [0.2, 0.25) is 0 Å². The Balaban J connectivity index is 1.75. The molecule has 0 unspecified atom stereocenters. The second-order valence-corrected chi connectivity index (χ2v) is 6.74. The number of hydrogen-bond acceptors (Lipinski definition) is 4. The Bertz CT molecular complexity index is 804. The number of amides is 3. The lowest BCUT2D eigenvalue weighted by molar-refractivity contribution is -0.922. The number of piperazine rings is 1. The van der Waals surface area contributed by atoms with Gasteiger partial charge in [0.15, 0.2) is 6.04 Å². The van der Waals surface area contributed by atoms with Crippen LogP contribution in [-0.2, 0) is 4.79 Å². The van der Waals surface area contributed by atoms with Gasteiger partial charge in [-0.2, -0.15) is 0 Å². The van der Waals surface area contributed by atoms with Crippen molar-refractivity contribution in [1.82, 2.24) is 5.32 Å². The van der Waals surface area contributed by atoms with E-state index in [2.05, 4.69) is 16.3 Å². The third-order valence-corrected chi connectivity index (χ3v) is 4.96. The zero-order chi connectivity index (χ0) is 19.9. The van der Waals surface area contributed by atoms with Crippen molar-refractivity contribution in [1.29, 1.82) is 0 Å². The maximum atomic E-state index is 12.7. The first-order chi connectivity index (χ1) is 13.6. The van der Waals surface area contributed by atoms with Gasteiger partial charge in [-0.05, 0) is 19.1 Å². The third-order valence-electron chi connectivity index (χ3n) is 4.96. The van der Waals surface area contributed by atoms with E-state index < -0.39 is 12.1 Å². The van der Waals surface area contributed by atoms with Crippen LogP contribution in [-0.4, -0.2) is 44.7 Å². The lowest BCUT2D eigenvalue weighted by Crippen LogP contribution is -3.16. The predicted molar refractivity (Wildman–Crippen MR) is 107 cm³/mol. The largest absolute Gasteiger partial charge is 0.492 e. The normalized spacial score (nSPS) is 15.7. The summed E-state index contributed by atoms with van der Waals surface area (Å²) in [6.07, 6.45) is 0. The fourth-order valence-corrected chi connectivity index (χ4v) is 3.73. The summed E-state index contributed by atoms with van der Waals surface area (Å²) in [6.45, 7) is 5.67. The number of nitrogens with one attached hydrogen (secondary N) is 2.